The van der Waals surface area contributed by atoms with E-state index < -0.39 is 0 Å². The van der Waals surface area contributed by atoms with Crippen LogP contribution in [0.3, 0.4) is 0 Å². The third kappa shape index (κ3) is 6.52. The van der Waals surface area contributed by atoms with E-state index in [0.717, 1.165) is 25.4 Å². The van der Waals surface area contributed by atoms with Crippen LogP contribution >= 0.6 is 0 Å². The Kier molecular flexibility index (Phi) is 8.42. The number of benzene rings is 3. The molecular formula is C31H37FN2O2. The molecule has 1 saturated heterocycles. The number of halogens is 1. The molecule has 1 heterocycles. The molecule has 3 aromatic rings. The van der Waals surface area contributed by atoms with Gasteiger partial charge in [-0.05, 0) is 66.3 Å². The molecule has 0 saturated carbocycles. The standard InChI is InChI=1S/C31H37FN2O2/c1-22(2)17-34(31(35)25-11-13-28(32)14-12-25)20-27-19-33(18-24-8-5-7-23(3)15-24)21-30(27)26-9-6-10-29(16-26)36-4/h5-16,22,27,30H,17-21H2,1-4H3. The summed E-state index contributed by atoms with van der Waals surface area (Å²) in [6.07, 6.45) is 0. The van der Waals surface area contributed by atoms with Crippen molar-refractivity contribution in [3.8, 4) is 5.75 Å². The number of likely N-dealkylation sites (tertiary alicyclic amines) is 1. The number of hydrogen-bond donors (Lipinski definition) is 0. The number of methoxy groups -OCH3 is 1. The molecular weight excluding hydrogens is 451 g/mol. The van der Waals surface area contributed by atoms with Crippen LogP contribution in [0.25, 0.3) is 0 Å². The lowest BCUT2D eigenvalue weighted by Gasteiger charge is -2.30. The van der Waals surface area contributed by atoms with E-state index in [0.29, 0.717) is 24.6 Å². The van der Waals surface area contributed by atoms with Crippen molar-refractivity contribution in [1.82, 2.24) is 9.80 Å². The van der Waals surface area contributed by atoms with Crippen LogP contribution in [0, 0.1) is 24.6 Å². The van der Waals surface area contributed by atoms with E-state index in [9.17, 15) is 9.18 Å². The normalized spacial score (nSPS) is 17.9. The zero-order valence-electron chi connectivity index (χ0n) is 21.8. The molecule has 2 atom stereocenters. The number of aryl methyl sites for hydroxylation is 1. The SMILES string of the molecule is COc1cccc(C2CN(Cc3cccc(C)c3)CC2CN(CC(C)C)C(=O)c2ccc(F)cc2)c1. The van der Waals surface area contributed by atoms with Gasteiger partial charge in [0.05, 0.1) is 7.11 Å². The number of hydrogen-bond acceptors (Lipinski definition) is 3. The molecule has 1 fully saturated rings. The van der Waals surface area contributed by atoms with E-state index in [1.807, 2.05) is 17.0 Å². The van der Waals surface area contributed by atoms with Crippen LogP contribution in [0.1, 0.15) is 46.8 Å². The molecule has 0 N–H and O–H groups in total. The zero-order valence-corrected chi connectivity index (χ0v) is 21.8. The number of ether oxygens (including phenoxy) is 1. The van der Waals surface area contributed by atoms with E-state index in [1.54, 1.807) is 19.2 Å². The Hall–Kier alpha value is -3.18. The van der Waals surface area contributed by atoms with Crippen molar-refractivity contribution in [2.24, 2.45) is 11.8 Å². The minimum absolute atomic E-state index is 0.0368. The smallest absolute Gasteiger partial charge is 0.253 e. The van der Waals surface area contributed by atoms with Gasteiger partial charge in [-0.1, -0.05) is 55.8 Å². The lowest BCUT2D eigenvalue weighted by molar-refractivity contribution is 0.0703. The first-order valence-electron chi connectivity index (χ1n) is 12.8. The third-order valence-corrected chi connectivity index (χ3v) is 6.95. The summed E-state index contributed by atoms with van der Waals surface area (Å²) in [5.41, 5.74) is 4.34. The first kappa shape index (κ1) is 25.9. The molecule has 0 radical (unpaired) electrons. The summed E-state index contributed by atoms with van der Waals surface area (Å²) in [5.74, 6) is 1.36. The van der Waals surface area contributed by atoms with Gasteiger partial charge in [-0.15, -0.1) is 0 Å². The van der Waals surface area contributed by atoms with E-state index >= 15 is 0 Å². The number of amides is 1. The summed E-state index contributed by atoms with van der Waals surface area (Å²) >= 11 is 0. The van der Waals surface area contributed by atoms with Gasteiger partial charge >= 0.3 is 0 Å². The second-order valence-corrected chi connectivity index (χ2v) is 10.4. The highest BCUT2D eigenvalue weighted by atomic mass is 19.1. The maximum absolute atomic E-state index is 13.5. The molecule has 0 bridgehead atoms. The molecule has 0 spiro atoms. The fourth-order valence-electron chi connectivity index (χ4n) is 5.33. The molecule has 5 heteroatoms. The van der Waals surface area contributed by atoms with Gasteiger partial charge in [0.1, 0.15) is 11.6 Å². The van der Waals surface area contributed by atoms with Crippen molar-refractivity contribution in [2.75, 3.05) is 33.3 Å². The van der Waals surface area contributed by atoms with Crippen LogP contribution in [-0.2, 0) is 6.54 Å². The van der Waals surface area contributed by atoms with Gasteiger partial charge in [0.15, 0.2) is 0 Å². The van der Waals surface area contributed by atoms with Crippen molar-refractivity contribution in [1.29, 1.82) is 0 Å². The van der Waals surface area contributed by atoms with Gasteiger partial charge in [-0.3, -0.25) is 9.69 Å². The zero-order chi connectivity index (χ0) is 25.7. The van der Waals surface area contributed by atoms with Crippen molar-refractivity contribution >= 4 is 5.91 Å². The van der Waals surface area contributed by atoms with Crippen LogP contribution in [0.5, 0.6) is 5.75 Å². The number of nitrogens with zero attached hydrogens (tertiary/aromatic N) is 2. The highest BCUT2D eigenvalue weighted by molar-refractivity contribution is 5.94. The van der Waals surface area contributed by atoms with Gasteiger partial charge < -0.3 is 9.64 Å². The maximum atomic E-state index is 13.5. The van der Waals surface area contributed by atoms with E-state index in [2.05, 4.69) is 62.1 Å². The van der Waals surface area contributed by atoms with E-state index in [4.69, 9.17) is 4.74 Å². The molecule has 1 amide bonds. The molecule has 3 aromatic carbocycles. The monoisotopic (exact) mass is 488 g/mol. The molecule has 36 heavy (non-hydrogen) atoms. The molecule has 0 aromatic heterocycles. The average molecular weight is 489 g/mol. The summed E-state index contributed by atoms with van der Waals surface area (Å²) in [7, 11) is 1.70. The predicted octanol–water partition coefficient (Wildman–Crippen LogP) is 6.16. The topological polar surface area (TPSA) is 32.8 Å². The molecule has 2 unspecified atom stereocenters. The van der Waals surface area contributed by atoms with E-state index in [-0.39, 0.29) is 23.6 Å². The minimum Gasteiger partial charge on any atom is -0.497 e. The second-order valence-electron chi connectivity index (χ2n) is 10.4. The Morgan fingerprint density at radius 2 is 1.81 bits per heavy atom. The second kappa shape index (κ2) is 11.7. The molecule has 0 aliphatic carbocycles. The van der Waals surface area contributed by atoms with Crippen LogP contribution < -0.4 is 4.74 Å². The van der Waals surface area contributed by atoms with Gasteiger partial charge in [-0.25, -0.2) is 4.39 Å². The highest BCUT2D eigenvalue weighted by Gasteiger charge is 2.36. The van der Waals surface area contributed by atoms with Crippen molar-refractivity contribution in [2.45, 2.75) is 33.2 Å². The number of carbonyl (C=O) groups is 1. The van der Waals surface area contributed by atoms with Crippen molar-refractivity contribution in [3.63, 3.8) is 0 Å². The molecule has 190 valence electrons. The molecule has 1 aliphatic heterocycles. The fraction of sp³-hybridized carbons (Fsp3) is 0.387. The lowest BCUT2D eigenvalue weighted by Crippen LogP contribution is -2.39. The Morgan fingerprint density at radius 3 is 2.50 bits per heavy atom. The minimum atomic E-state index is -0.331. The van der Waals surface area contributed by atoms with Crippen LogP contribution in [0.15, 0.2) is 72.8 Å². The highest BCUT2D eigenvalue weighted by Crippen LogP contribution is 2.36. The first-order chi connectivity index (χ1) is 17.3. The summed E-state index contributed by atoms with van der Waals surface area (Å²) < 4.78 is 19.0. The quantitative estimate of drug-likeness (QED) is 0.362. The summed E-state index contributed by atoms with van der Waals surface area (Å²) in [6.45, 7) is 10.4. The van der Waals surface area contributed by atoms with Gasteiger partial charge in [0, 0.05) is 44.2 Å². The largest absolute Gasteiger partial charge is 0.497 e. The summed E-state index contributed by atoms with van der Waals surface area (Å²) in [4.78, 5) is 18.0. The van der Waals surface area contributed by atoms with Gasteiger partial charge in [-0.2, -0.15) is 0 Å². The summed E-state index contributed by atoms with van der Waals surface area (Å²) in [6, 6.07) is 22.9. The van der Waals surface area contributed by atoms with Crippen LogP contribution in [0.4, 0.5) is 4.39 Å². The van der Waals surface area contributed by atoms with Crippen molar-refractivity contribution < 1.29 is 13.9 Å². The number of rotatable bonds is 9. The lowest BCUT2D eigenvalue weighted by atomic mass is 9.88. The molecule has 1 aliphatic rings. The van der Waals surface area contributed by atoms with Crippen molar-refractivity contribution in [3.05, 3.63) is 101 Å². The van der Waals surface area contributed by atoms with Crippen LogP contribution in [-0.4, -0.2) is 49.0 Å². The van der Waals surface area contributed by atoms with E-state index in [1.165, 1.54) is 28.8 Å². The Balaban J connectivity index is 1.60. The van der Waals surface area contributed by atoms with Crippen LogP contribution in [0.2, 0.25) is 0 Å². The van der Waals surface area contributed by atoms with Gasteiger partial charge in [0.2, 0.25) is 0 Å². The Labute approximate surface area is 214 Å². The predicted molar refractivity (Wildman–Crippen MR) is 143 cm³/mol. The molecule has 4 rings (SSSR count). The average Bonchev–Trinajstić information content (AvgIpc) is 3.25. The Morgan fingerprint density at radius 1 is 1.06 bits per heavy atom. The van der Waals surface area contributed by atoms with Gasteiger partial charge in [0.25, 0.3) is 5.91 Å². The third-order valence-electron chi connectivity index (χ3n) is 6.95. The maximum Gasteiger partial charge on any atom is 0.253 e. The first-order valence-corrected chi connectivity index (χ1v) is 12.8. The Bertz CT molecular complexity index is 1160. The molecule has 4 nitrogen and oxygen atoms in total. The fourth-order valence-corrected chi connectivity index (χ4v) is 5.33. The number of carbonyl (C=O) groups excluding carboxylic acids is 1. The summed E-state index contributed by atoms with van der Waals surface area (Å²) in [5, 5.41) is 0.